The molecule has 0 saturated carbocycles. The van der Waals surface area contributed by atoms with E-state index in [1.807, 2.05) is 33.3 Å². The van der Waals surface area contributed by atoms with Crippen LogP contribution in [0.5, 0.6) is 0 Å². The molecule has 1 N–H and O–H groups in total. The average molecular weight is 689 g/mol. The second-order valence-electron chi connectivity index (χ2n) is 13.7. The molecular weight excluding hydrogens is 617 g/mol. The molecule has 276 valence electrons. The Kier molecular flexibility index (Phi) is 29.6. The smallest absolute Gasteiger partial charge is 0.462 e. The van der Waals surface area contributed by atoms with Crippen LogP contribution in [-0.2, 0) is 32.7 Å². The van der Waals surface area contributed by atoms with E-state index < -0.39 is 32.5 Å². The second-order valence-corrected chi connectivity index (χ2v) is 15.1. The summed E-state index contributed by atoms with van der Waals surface area (Å²) in [4.78, 5) is 34.9. The standard InChI is InChI=1S/C37H70NO8P/c1-6-8-10-12-14-16-17-18-19-20-21-22-24-26-28-30-37(40)46-35(34-45-47(41,42)44-32-31-38(3,4)5)33-43-36(39)29-27-25-23-15-13-11-9-7-2/h24,26,28,30,35H,6-23,25,27,29,31-34H2,1-5H3/p+1/b26-24+,30-28+/t35-/m1/s1. The van der Waals surface area contributed by atoms with E-state index in [4.69, 9.17) is 18.5 Å². The molecule has 0 aromatic carbocycles. The highest BCUT2D eigenvalue weighted by atomic mass is 31.2. The first kappa shape index (κ1) is 45.5. The molecule has 2 atom stereocenters. The SMILES string of the molecule is CCCCCCCCCCCCC/C=C/C=C/C(=O)O[C@H](COC(=O)CCCCCCCCCC)COP(=O)(O)OCC[N+](C)(C)C. The van der Waals surface area contributed by atoms with Gasteiger partial charge in [-0.3, -0.25) is 13.8 Å². The van der Waals surface area contributed by atoms with E-state index in [1.54, 1.807) is 6.08 Å². The summed E-state index contributed by atoms with van der Waals surface area (Å²) < 4.78 is 33.8. The summed E-state index contributed by atoms with van der Waals surface area (Å²) in [5.74, 6) is -1.06. The number of hydrogen-bond donors (Lipinski definition) is 1. The van der Waals surface area contributed by atoms with Gasteiger partial charge in [0.1, 0.15) is 19.8 Å². The predicted octanol–water partition coefficient (Wildman–Crippen LogP) is 9.63. The molecule has 0 heterocycles. The van der Waals surface area contributed by atoms with Gasteiger partial charge in [0.05, 0.1) is 27.7 Å². The predicted molar refractivity (Wildman–Crippen MR) is 192 cm³/mol. The van der Waals surface area contributed by atoms with Crippen molar-refractivity contribution in [1.82, 2.24) is 0 Å². The van der Waals surface area contributed by atoms with Crippen LogP contribution < -0.4 is 0 Å². The largest absolute Gasteiger partial charge is 0.472 e. The molecule has 0 aliphatic heterocycles. The van der Waals surface area contributed by atoms with Gasteiger partial charge in [-0.25, -0.2) is 9.36 Å². The van der Waals surface area contributed by atoms with Crippen LogP contribution in [0.4, 0.5) is 0 Å². The highest BCUT2D eigenvalue weighted by molar-refractivity contribution is 7.47. The van der Waals surface area contributed by atoms with Gasteiger partial charge in [-0.2, -0.15) is 0 Å². The summed E-state index contributed by atoms with van der Waals surface area (Å²) in [6.07, 6.45) is 30.2. The Morgan fingerprint density at radius 2 is 1.21 bits per heavy atom. The fourth-order valence-corrected chi connectivity index (χ4v) is 5.60. The van der Waals surface area contributed by atoms with Gasteiger partial charge in [0.15, 0.2) is 6.10 Å². The maximum atomic E-state index is 12.5. The van der Waals surface area contributed by atoms with Crippen molar-refractivity contribution in [2.24, 2.45) is 0 Å². The van der Waals surface area contributed by atoms with Crippen LogP contribution in [0.25, 0.3) is 0 Å². The summed E-state index contributed by atoms with van der Waals surface area (Å²) in [7, 11) is 1.42. The van der Waals surface area contributed by atoms with Gasteiger partial charge in [-0.15, -0.1) is 0 Å². The number of esters is 2. The molecule has 9 nitrogen and oxygen atoms in total. The molecule has 0 aromatic heterocycles. The fraction of sp³-hybridized carbons (Fsp3) is 0.838. The zero-order chi connectivity index (χ0) is 35.1. The number of nitrogens with zero attached hydrogens (tertiary/aromatic N) is 1. The van der Waals surface area contributed by atoms with Crippen molar-refractivity contribution in [3.63, 3.8) is 0 Å². The molecule has 0 bridgehead atoms. The third-order valence-corrected chi connectivity index (χ3v) is 8.83. The van der Waals surface area contributed by atoms with Gasteiger partial charge < -0.3 is 18.9 Å². The molecule has 0 aliphatic rings. The molecule has 0 radical (unpaired) electrons. The summed E-state index contributed by atoms with van der Waals surface area (Å²) in [6, 6.07) is 0. The van der Waals surface area contributed by atoms with E-state index in [-0.39, 0.29) is 19.6 Å². The summed E-state index contributed by atoms with van der Waals surface area (Å²) in [5.41, 5.74) is 0. The Morgan fingerprint density at radius 3 is 1.74 bits per heavy atom. The van der Waals surface area contributed by atoms with Gasteiger partial charge in [0, 0.05) is 12.5 Å². The number of carbonyl (C=O) groups is 2. The molecule has 0 saturated heterocycles. The number of hydrogen-bond acceptors (Lipinski definition) is 7. The minimum atomic E-state index is -4.38. The van der Waals surface area contributed by atoms with Crippen LogP contribution >= 0.6 is 7.82 Å². The van der Waals surface area contributed by atoms with Gasteiger partial charge in [-0.1, -0.05) is 141 Å². The number of phosphoric acid groups is 1. The summed E-state index contributed by atoms with van der Waals surface area (Å²) >= 11 is 0. The van der Waals surface area contributed by atoms with E-state index in [2.05, 4.69) is 13.8 Å². The molecular formula is C37H71NO8P+. The Morgan fingerprint density at radius 1 is 0.702 bits per heavy atom. The number of allylic oxidation sites excluding steroid dienone is 3. The third kappa shape index (κ3) is 34.2. The van der Waals surface area contributed by atoms with Crippen LogP contribution in [-0.4, -0.2) is 74.9 Å². The van der Waals surface area contributed by atoms with Crippen LogP contribution in [0.3, 0.4) is 0 Å². The van der Waals surface area contributed by atoms with E-state index in [0.29, 0.717) is 11.0 Å². The van der Waals surface area contributed by atoms with Gasteiger partial charge in [0.25, 0.3) is 0 Å². The molecule has 0 aromatic rings. The first-order valence-corrected chi connectivity index (χ1v) is 20.1. The average Bonchev–Trinajstić information content (AvgIpc) is 3.01. The number of quaternary nitrogens is 1. The lowest BCUT2D eigenvalue weighted by Gasteiger charge is -2.24. The zero-order valence-corrected chi connectivity index (χ0v) is 31.7. The molecule has 0 rings (SSSR count). The van der Waals surface area contributed by atoms with Crippen molar-refractivity contribution in [1.29, 1.82) is 0 Å². The molecule has 47 heavy (non-hydrogen) atoms. The number of unbranched alkanes of at least 4 members (excludes halogenated alkanes) is 18. The van der Waals surface area contributed by atoms with E-state index in [9.17, 15) is 19.0 Å². The van der Waals surface area contributed by atoms with Crippen LogP contribution in [0.1, 0.15) is 149 Å². The van der Waals surface area contributed by atoms with Crippen LogP contribution in [0, 0.1) is 0 Å². The maximum Gasteiger partial charge on any atom is 0.472 e. The monoisotopic (exact) mass is 688 g/mol. The minimum Gasteiger partial charge on any atom is -0.462 e. The molecule has 10 heteroatoms. The Labute approximate surface area is 288 Å². The summed E-state index contributed by atoms with van der Waals surface area (Å²) in [5, 5.41) is 0. The number of rotatable bonds is 33. The molecule has 1 unspecified atom stereocenters. The summed E-state index contributed by atoms with van der Waals surface area (Å²) in [6.45, 7) is 4.24. The highest BCUT2D eigenvalue weighted by Gasteiger charge is 2.26. The zero-order valence-electron chi connectivity index (χ0n) is 30.8. The van der Waals surface area contributed by atoms with Gasteiger partial charge in [0.2, 0.25) is 0 Å². The van der Waals surface area contributed by atoms with Crippen LogP contribution in [0.2, 0.25) is 0 Å². The van der Waals surface area contributed by atoms with E-state index in [1.165, 1.54) is 102 Å². The highest BCUT2D eigenvalue weighted by Crippen LogP contribution is 2.43. The lowest BCUT2D eigenvalue weighted by molar-refractivity contribution is -0.870. The molecule has 0 aliphatic carbocycles. The number of phosphoric ester groups is 1. The van der Waals surface area contributed by atoms with Gasteiger partial charge >= 0.3 is 19.8 Å². The third-order valence-electron chi connectivity index (χ3n) is 7.84. The number of ether oxygens (including phenoxy) is 2. The van der Waals surface area contributed by atoms with Crippen molar-refractivity contribution in [3.05, 3.63) is 24.3 Å². The Balaban J connectivity index is 4.55. The Bertz CT molecular complexity index is 871. The Hall–Kier alpha value is -1.51. The quantitative estimate of drug-likeness (QED) is 0.0181. The van der Waals surface area contributed by atoms with Gasteiger partial charge in [-0.05, 0) is 19.3 Å². The lowest BCUT2D eigenvalue weighted by atomic mass is 10.1. The normalized spacial score (nSPS) is 14.1. The van der Waals surface area contributed by atoms with Crippen molar-refractivity contribution < 1.29 is 42.1 Å². The van der Waals surface area contributed by atoms with Crippen molar-refractivity contribution in [3.8, 4) is 0 Å². The fourth-order valence-electron chi connectivity index (χ4n) is 4.86. The van der Waals surface area contributed by atoms with E-state index in [0.717, 1.165) is 32.1 Å². The van der Waals surface area contributed by atoms with E-state index >= 15 is 0 Å². The van der Waals surface area contributed by atoms with Crippen molar-refractivity contribution >= 4 is 19.8 Å². The van der Waals surface area contributed by atoms with Crippen molar-refractivity contribution in [2.75, 3.05) is 47.5 Å². The number of likely N-dealkylation sites (N-methyl/N-ethyl adjacent to an activating group) is 1. The van der Waals surface area contributed by atoms with Crippen molar-refractivity contribution in [2.45, 2.75) is 155 Å². The topological polar surface area (TPSA) is 108 Å². The second kappa shape index (κ2) is 30.5. The maximum absolute atomic E-state index is 12.5. The first-order valence-electron chi connectivity index (χ1n) is 18.6. The van der Waals surface area contributed by atoms with Crippen LogP contribution in [0.15, 0.2) is 24.3 Å². The minimum absolute atomic E-state index is 0.0174. The molecule has 0 amide bonds. The number of carbonyl (C=O) groups excluding carboxylic acids is 2. The first-order chi connectivity index (χ1) is 22.5. The molecule has 0 spiro atoms. The molecule has 0 fully saturated rings. The lowest BCUT2D eigenvalue weighted by Crippen LogP contribution is -2.37.